The lowest BCUT2D eigenvalue weighted by molar-refractivity contribution is -0.141. The summed E-state index contributed by atoms with van der Waals surface area (Å²) in [7, 11) is 1.46. The molecule has 3 heterocycles. The number of aromatic nitrogens is 4. The van der Waals surface area contributed by atoms with Crippen LogP contribution < -0.4 is 11.1 Å². The summed E-state index contributed by atoms with van der Waals surface area (Å²) in [6.07, 6.45) is 2.70. The summed E-state index contributed by atoms with van der Waals surface area (Å²) in [5.74, 6) is -0.944. The van der Waals surface area contributed by atoms with Gasteiger partial charge in [0, 0.05) is 57.1 Å². The van der Waals surface area contributed by atoms with Crippen molar-refractivity contribution >= 4 is 35.0 Å². The smallest absolute Gasteiger partial charge is 0.339 e. The van der Waals surface area contributed by atoms with Crippen LogP contribution in [0.1, 0.15) is 71.2 Å². The van der Waals surface area contributed by atoms with E-state index in [9.17, 15) is 27.6 Å². The number of hydrogen-bond acceptors (Lipinski definition) is 6. The molecule has 2 aromatic heterocycles. The highest BCUT2D eigenvalue weighted by molar-refractivity contribution is 6.34. The molecule has 0 atom stereocenters. The molecule has 3 N–H and O–H groups in total. The minimum absolute atomic E-state index is 0.00899. The molecule has 1 aliphatic heterocycles. The van der Waals surface area contributed by atoms with Crippen molar-refractivity contribution in [2.75, 3.05) is 31.5 Å². The molecule has 6 rings (SSSR count). The van der Waals surface area contributed by atoms with Gasteiger partial charge in [-0.1, -0.05) is 11.6 Å². The lowest BCUT2D eigenvalue weighted by Gasteiger charge is -2.37. The van der Waals surface area contributed by atoms with Crippen molar-refractivity contribution in [3.05, 3.63) is 52.7 Å². The summed E-state index contributed by atoms with van der Waals surface area (Å²) in [5, 5.41) is 6.54. The van der Waals surface area contributed by atoms with E-state index in [1.54, 1.807) is 4.90 Å². The van der Waals surface area contributed by atoms with Gasteiger partial charge in [0.2, 0.25) is 5.91 Å². The van der Waals surface area contributed by atoms with E-state index in [-0.39, 0.29) is 63.2 Å². The first-order chi connectivity index (χ1) is 21.4. The highest BCUT2D eigenvalue weighted by Gasteiger charge is 2.40. The molecule has 11 nitrogen and oxygen atoms in total. The number of carbonyl (C=O) groups is 3. The molecule has 3 fully saturated rings. The fourth-order valence-corrected chi connectivity index (χ4v) is 6.32. The lowest BCUT2D eigenvalue weighted by atomic mass is 9.85. The number of rotatable bonds is 6. The van der Waals surface area contributed by atoms with E-state index in [1.807, 2.05) is 4.90 Å². The quantitative estimate of drug-likeness (QED) is 0.410. The Morgan fingerprint density at radius 2 is 1.67 bits per heavy atom. The predicted molar refractivity (Wildman–Crippen MR) is 160 cm³/mol. The van der Waals surface area contributed by atoms with Crippen LogP contribution in [0.25, 0.3) is 11.3 Å². The second-order valence-electron chi connectivity index (χ2n) is 12.0. The van der Waals surface area contributed by atoms with Crippen molar-refractivity contribution in [3.63, 3.8) is 0 Å². The van der Waals surface area contributed by atoms with Crippen LogP contribution in [-0.2, 0) is 18.0 Å². The van der Waals surface area contributed by atoms with Gasteiger partial charge in [-0.2, -0.15) is 18.3 Å². The fraction of sp³-hybridized carbons (Fsp3) is 0.500. The predicted octanol–water partition coefficient (Wildman–Crippen LogP) is 4.34. The van der Waals surface area contributed by atoms with Crippen LogP contribution in [0, 0.1) is 5.92 Å². The Morgan fingerprint density at radius 1 is 1.00 bits per heavy atom. The van der Waals surface area contributed by atoms with E-state index in [0.29, 0.717) is 26.2 Å². The summed E-state index contributed by atoms with van der Waals surface area (Å²) < 4.78 is 43.9. The number of nitrogens with zero attached hydrogens (tertiary/aromatic N) is 6. The van der Waals surface area contributed by atoms with Crippen LogP contribution in [0.5, 0.6) is 0 Å². The highest BCUT2D eigenvalue weighted by atomic mass is 35.5. The molecule has 2 aliphatic carbocycles. The number of nitrogens with two attached hydrogens (primary N) is 1. The zero-order valence-electron chi connectivity index (χ0n) is 24.7. The molecule has 15 heteroatoms. The topological polar surface area (TPSA) is 131 Å². The number of piperazine rings is 1. The Morgan fingerprint density at radius 3 is 2.29 bits per heavy atom. The van der Waals surface area contributed by atoms with Crippen molar-refractivity contribution in [1.29, 1.82) is 0 Å². The molecule has 3 aliphatic rings. The third kappa shape index (κ3) is 6.43. The minimum Gasteiger partial charge on any atom is -0.339 e. The first-order valence-electron chi connectivity index (χ1n) is 15.0. The number of nitrogens with one attached hydrogen (secondary N) is 1. The first-order valence-corrected chi connectivity index (χ1v) is 15.4. The third-order valence-electron chi connectivity index (χ3n) is 8.85. The average molecular weight is 647 g/mol. The minimum atomic E-state index is -4.67. The van der Waals surface area contributed by atoms with E-state index >= 15 is 0 Å². The first kappa shape index (κ1) is 31.1. The maximum Gasteiger partial charge on any atom is 0.435 e. The zero-order chi connectivity index (χ0) is 32.0. The van der Waals surface area contributed by atoms with Crippen LogP contribution in [-0.4, -0.2) is 79.1 Å². The molecule has 2 saturated carbocycles. The van der Waals surface area contributed by atoms with E-state index < -0.39 is 17.8 Å². The molecule has 45 heavy (non-hydrogen) atoms. The number of anilines is 1. The molecule has 0 unspecified atom stereocenters. The Kier molecular flexibility index (Phi) is 8.37. The summed E-state index contributed by atoms with van der Waals surface area (Å²) >= 11 is 6.46. The molecule has 0 radical (unpaired) electrons. The number of benzene rings is 1. The van der Waals surface area contributed by atoms with Crippen LogP contribution in [0.3, 0.4) is 0 Å². The largest absolute Gasteiger partial charge is 0.435 e. The van der Waals surface area contributed by atoms with Gasteiger partial charge >= 0.3 is 6.18 Å². The van der Waals surface area contributed by atoms with Gasteiger partial charge in [-0.05, 0) is 56.7 Å². The van der Waals surface area contributed by atoms with Crippen LogP contribution in [0.15, 0.2) is 30.6 Å². The molecule has 3 amide bonds. The number of alkyl halides is 3. The normalized spacial score (nSPS) is 20.8. The van der Waals surface area contributed by atoms with Crippen LogP contribution in [0.4, 0.5) is 18.9 Å². The maximum absolute atomic E-state index is 13.7. The number of carbonyl (C=O) groups excluding carboxylic acids is 3. The summed E-state index contributed by atoms with van der Waals surface area (Å²) in [5.41, 5.74) is 5.42. The van der Waals surface area contributed by atoms with Gasteiger partial charge in [-0.25, -0.2) is 4.98 Å². The molecule has 1 saturated heterocycles. The average Bonchev–Trinajstić information content (AvgIpc) is 3.64. The maximum atomic E-state index is 13.7. The van der Waals surface area contributed by atoms with Gasteiger partial charge in [0.05, 0.1) is 34.1 Å². The number of halogens is 4. The van der Waals surface area contributed by atoms with Crippen molar-refractivity contribution < 1.29 is 27.6 Å². The Hall–Kier alpha value is -3.91. The van der Waals surface area contributed by atoms with E-state index in [1.165, 1.54) is 46.9 Å². The Balaban J connectivity index is 1.09. The molecular weight excluding hydrogens is 613 g/mol. The summed E-state index contributed by atoms with van der Waals surface area (Å²) in [4.78, 5) is 46.8. The Bertz CT molecular complexity index is 1620. The van der Waals surface area contributed by atoms with Gasteiger partial charge in [0.1, 0.15) is 0 Å². The van der Waals surface area contributed by atoms with Gasteiger partial charge < -0.3 is 25.4 Å². The number of hydrogen-bond donors (Lipinski definition) is 2. The molecule has 0 bridgehead atoms. The summed E-state index contributed by atoms with van der Waals surface area (Å²) in [6, 6.07) is 4.57. The van der Waals surface area contributed by atoms with Crippen LogP contribution >= 0.6 is 11.6 Å². The molecule has 3 aromatic rings. The van der Waals surface area contributed by atoms with Crippen molar-refractivity contribution in [3.8, 4) is 11.3 Å². The van der Waals surface area contributed by atoms with Gasteiger partial charge in [-0.15, -0.1) is 0 Å². The van der Waals surface area contributed by atoms with Crippen molar-refractivity contribution in [1.82, 2.24) is 29.1 Å². The lowest BCUT2D eigenvalue weighted by Crippen LogP contribution is -2.52. The van der Waals surface area contributed by atoms with Gasteiger partial charge in [-0.3, -0.25) is 19.1 Å². The van der Waals surface area contributed by atoms with E-state index in [0.717, 1.165) is 38.5 Å². The molecule has 0 spiro atoms. The second-order valence-corrected chi connectivity index (χ2v) is 12.4. The molecule has 240 valence electrons. The standard InChI is InChI=1S/C30H34ClF3N8O3/c1-39-24(22-16-42(20-7-8-20)38-25(22)30(32,33)34)15-36-26(39)27(43)37-19-6-9-21(23(31)14-19)29(45)41-12-10-40(11-13-41)28(44)17-2-4-18(35)5-3-17/h6,9,14-18,20H,2-5,7-8,10-13,35H2,1H3,(H,37,43). The van der Waals surface area contributed by atoms with Crippen molar-refractivity contribution in [2.24, 2.45) is 18.7 Å². The van der Waals surface area contributed by atoms with Crippen molar-refractivity contribution in [2.45, 2.75) is 56.8 Å². The Labute approximate surface area is 262 Å². The van der Waals surface area contributed by atoms with Gasteiger partial charge in [0.25, 0.3) is 11.8 Å². The second kappa shape index (κ2) is 12.1. The zero-order valence-corrected chi connectivity index (χ0v) is 25.4. The number of imidazole rings is 1. The fourth-order valence-electron chi connectivity index (χ4n) is 6.06. The molecule has 1 aromatic carbocycles. The van der Waals surface area contributed by atoms with E-state index in [4.69, 9.17) is 17.3 Å². The third-order valence-corrected chi connectivity index (χ3v) is 9.16. The summed E-state index contributed by atoms with van der Waals surface area (Å²) in [6.45, 7) is 1.64. The molecular formula is C30H34ClF3N8O3. The monoisotopic (exact) mass is 646 g/mol. The number of amides is 3. The SMILES string of the molecule is Cn1c(-c2cn(C3CC3)nc2C(F)(F)F)cnc1C(=O)Nc1ccc(C(=O)N2CCN(C(=O)C3CCC(N)CC3)CC2)c(Cl)c1. The van der Waals surface area contributed by atoms with E-state index in [2.05, 4.69) is 15.4 Å². The van der Waals surface area contributed by atoms with Crippen LogP contribution in [0.2, 0.25) is 5.02 Å². The van der Waals surface area contributed by atoms with Gasteiger partial charge in [0.15, 0.2) is 11.5 Å². The highest BCUT2D eigenvalue weighted by Crippen LogP contribution is 2.41.